The standard InChI is InChI=1S/C14H17ClN2S/c15-14-16-12-6-8-17(9-7-13(12)18-14)10-11-4-2-1-3-5-11/h1-5,12-13H,6-10H2. The molecular formula is C14H17ClN2S. The number of fused-ring (bicyclic) bond motifs is 1. The molecule has 0 aromatic heterocycles. The first-order valence-corrected chi connectivity index (χ1v) is 7.73. The van der Waals surface area contributed by atoms with Gasteiger partial charge >= 0.3 is 0 Å². The summed E-state index contributed by atoms with van der Waals surface area (Å²) in [6.45, 7) is 3.34. The van der Waals surface area contributed by atoms with Crippen molar-refractivity contribution in [1.82, 2.24) is 4.90 Å². The van der Waals surface area contributed by atoms with Crippen LogP contribution < -0.4 is 0 Å². The van der Waals surface area contributed by atoms with Crippen LogP contribution in [0.3, 0.4) is 0 Å². The minimum atomic E-state index is 0.447. The van der Waals surface area contributed by atoms with Crippen molar-refractivity contribution in [2.45, 2.75) is 30.7 Å². The lowest BCUT2D eigenvalue weighted by molar-refractivity contribution is 0.276. The largest absolute Gasteiger partial charge is 0.299 e. The zero-order valence-electron chi connectivity index (χ0n) is 10.3. The molecule has 2 heterocycles. The van der Waals surface area contributed by atoms with Crippen LogP contribution in [0.25, 0.3) is 0 Å². The fourth-order valence-electron chi connectivity index (χ4n) is 2.69. The molecule has 1 saturated heterocycles. The molecule has 1 fully saturated rings. The normalized spacial score (nSPS) is 28.6. The highest BCUT2D eigenvalue weighted by Crippen LogP contribution is 2.34. The van der Waals surface area contributed by atoms with Crippen LogP contribution >= 0.6 is 23.4 Å². The van der Waals surface area contributed by atoms with Crippen LogP contribution in [-0.4, -0.2) is 33.8 Å². The second-order valence-corrected chi connectivity index (χ2v) is 6.75. The number of likely N-dealkylation sites (tertiary alicyclic amines) is 1. The Bertz CT molecular complexity index is 435. The Balaban J connectivity index is 1.60. The molecule has 2 aliphatic rings. The number of rotatable bonds is 2. The Labute approximate surface area is 117 Å². The molecule has 2 aliphatic heterocycles. The Morgan fingerprint density at radius 1 is 1.22 bits per heavy atom. The zero-order valence-corrected chi connectivity index (χ0v) is 11.8. The highest BCUT2D eigenvalue weighted by molar-refractivity contribution is 8.17. The van der Waals surface area contributed by atoms with Crippen molar-refractivity contribution >= 4 is 27.9 Å². The summed E-state index contributed by atoms with van der Waals surface area (Å²) in [5, 5.41) is 0.610. The van der Waals surface area contributed by atoms with E-state index in [1.54, 1.807) is 11.8 Å². The van der Waals surface area contributed by atoms with Crippen LogP contribution in [0.1, 0.15) is 18.4 Å². The van der Waals surface area contributed by atoms with Crippen LogP contribution in [0, 0.1) is 0 Å². The van der Waals surface area contributed by atoms with E-state index in [0.29, 0.717) is 11.3 Å². The van der Waals surface area contributed by atoms with Crippen molar-refractivity contribution in [3.63, 3.8) is 0 Å². The van der Waals surface area contributed by atoms with Gasteiger partial charge in [0, 0.05) is 18.3 Å². The molecule has 2 unspecified atom stereocenters. The number of benzene rings is 1. The average Bonchev–Trinajstić information content (AvgIpc) is 2.65. The van der Waals surface area contributed by atoms with Gasteiger partial charge in [-0.2, -0.15) is 0 Å². The van der Waals surface area contributed by atoms with Gasteiger partial charge in [0.05, 0.1) is 6.04 Å². The summed E-state index contributed by atoms with van der Waals surface area (Å²) in [6, 6.07) is 11.2. The van der Waals surface area contributed by atoms with Crippen molar-refractivity contribution in [2.24, 2.45) is 4.99 Å². The van der Waals surface area contributed by atoms with Crippen molar-refractivity contribution < 1.29 is 0 Å². The maximum atomic E-state index is 6.01. The maximum absolute atomic E-state index is 6.01. The first-order valence-electron chi connectivity index (χ1n) is 6.47. The molecule has 0 spiro atoms. The summed E-state index contributed by atoms with van der Waals surface area (Å²) >= 11 is 7.77. The first kappa shape index (κ1) is 12.5. The zero-order chi connectivity index (χ0) is 12.4. The van der Waals surface area contributed by atoms with E-state index in [9.17, 15) is 0 Å². The third-order valence-electron chi connectivity index (χ3n) is 3.67. The minimum absolute atomic E-state index is 0.447. The molecule has 0 radical (unpaired) electrons. The second-order valence-electron chi connectivity index (χ2n) is 4.94. The fraction of sp³-hybridized carbons (Fsp3) is 0.500. The smallest absolute Gasteiger partial charge is 0.158 e. The predicted molar refractivity (Wildman–Crippen MR) is 79.4 cm³/mol. The molecule has 0 bridgehead atoms. The van der Waals surface area contributed by atoms with E-state index in [0.717, 1.165) is 30.6 Å². The Morgan fingerprint density at radius 2 is 2.00 bits per heavy atom. The van der Waals surface area contributed by atoms with Gasteiger partial charge in [0.2, 0.25) is 0 Å². The van der Waals surface area contributed by atoms with Crippen LogP contribution in [0.15, 0.2) is 35.3 Å². The lowest BCUT2D eigenvalue weighted by Gasteiger charge is -2.20. The third-order valence-corrected chi connectivity index (χ3v) is 5.18. The molecule has 0 N–H and O–H groups in total. The first-order chi connectivity index (χ1) is 8.81. The molecule has 1 aromatic carbocycles. The van der Waals surface area contributed by atoms with Gasteiger partial charge in [0.25, 0.3) is 0 Å². The molecule has 2 atom stereocenters. The molecule has 0 aliphatic carbocycles. The molecule has 0 amide bonds. The molecule has 0 saturated carbocycles. The Morgan fingerprint density at radius 3 is 2.83 bits per heavy atom. The number of halogens is 1. The summed E-state index contributed by atoms with van der Waals surface area (Å²) in [4.78, 5) is 7.07. The van der Waals surface area contributed by atoms with Crippen molar-refractivity contribution in [3.8, 4) is 0 Å². The van der Waals surface area contributed by atoms with Crippen molar-refractivity contribution in [1.29, 1.82) is 0 Å². The highest BCUT2D eigenvalue weighted by Gasteiger charge is 2.32. The Kier molecular flexibility index (Phi) is 3.92. The van der Waals surface area contributed by atoms with Gasteiger partial charge in [-0.3, -0.25) is 9.89 Å². The molecule has 18 heavy (non-hydrogen) atoms. The number of thioether (sulfide) groups is 1. The predicted octanol–water partition coefficient (Wildman–Crippen LogP) is 3.36. The van der Waals surface area contributed by atoms with Gasteiger partial charge in [-0.05, 0) is 24.9 Å². The average molecular weight is 281 g/mol. The van der Waals surface area contributed by atoms with E-state index < -0.39 is 0 Å². The number of nitrogens with zero attached hydrogens (tertiary/aromatic N) is 2. The summed E-state index contributed by atoms with van der Waals surface area (Å²) in [6.07, 6.45) is 2.34. The highest BCUT2D eigenvalue weighted by atomic mass is 35.5. The molecule has 1 aromatic rings. The fourth-order valence-corrected chi connectivity index (χ4v) is 4.18. The lowest BCUT2D eigenvalue weighted by atomic mass is 10.1. The molecule has 2 nitrogen and oxygen atoms in total. The van der Waals surface area contributed by atoms with E-state index in [4.69, 9.17) is 11.6 Å². The summed E-state index contributed by atoms with van der Waals surface area (Å²) in [7, 11) is 0. The molecule has 4 heteroatoms. The van der Waals surface area contributed by atoms with Gasteiger partial charge in [-0.1, -0.05) is 53.7 Å². The van der Waals surface area contributed by atoms with Crippen LogP contribution in [-0.2, 0) is 6.54 Å². The van der Waals surface area contributed by atoms with Gasteiger partial charge < -0.3 is 0 Å². The van der Waals surface area contributed by atoms with Gasteiger partial charge in [-0.25, -0.2) is 0 Å². The molecular weight excluding hydrogens is 264 g/mol. The lowest BCUT2D eigenvalue weighted by Crippen LogP contribution is -2.24. The number of hydrogen-bond acceptors (Lipinski definition) is 3. The molecule has 3 rings (SSSR count). The van der Waals surface area contributed by atoms with Crippen LogP contribution in [0.4, 0.5) is 0 Å². The Hall–Kier alpha value is -0.510. The third kappa shape index (κ3) is 2.90. The van der Waals surface area contributed by atoms with Crippen LogP contribution in [0.2, 0.25) is 0 Å². The van der Waals surface area contributed by atoms with Crippen LogP contribution in [0.5, 0.6) is 0 Å². The van der Waals surface area contributed by atoms with Gasteiger partial charge in [-0.15, -0.1) is 0 Å². The number of aliphatic imine (C=N–C) groups is 1. The molecule has 96 valence electrons. The van der Waals surface area contributed by atoms with E-state index in [2.05, 4.69) is 40.2 Å². The van der Waals surface area contributed by atoms with E-state index >= 15 is 0 Å². The van der Waals surface area contributed by atoms with E-state index in [1.165, 1.54) is 12.0 Å². The van der Waals surface area contributed by atoms with Gasteiger partial charge in [0.15, 0.2) is 4.50 Å². The van der Waals surface area contributed by atoms with Crippen molar-refractivity contribution in [2.75, 3.05) is 13.1 Å². The monoisotopic (exact) mass is 280 g/mol. The quantitative estimate of drug-likeness (QED) is 0.825. The minimum Gasteiger partial charge on any atom is -0.299 e. The summed E-state index contributed by atoms with van der Waals surface area (Å²) < 4.78 is 0.765. The van der Waals surface area contributed by atoms with E-state index in [-0.39, 0.29) is 0 Å². The van der Waals surface area contributed by atoms with Gasteiger partial charge in [0.1, 0.15) is 0 Å². The second kappa shape index (κ2) is 5.64. The topological polar surface area (TPSA) is 15.6 Å². The van der Waals surface area contributed by atoms with Crippen molar-refractivity contribution in [3.05, 3.63) is 35.9 Å². The van der Waals surface area contributed by atoms with E-state index in [1.807, 2.05) is 0 Å². The maximum Gasteiger partial charge on any atom is 0.158 e. The number of hydrogen-bond donors (Lipinski definition) is 0. The summed E-state index contributed by atoms with van der Waals surface area (Å²) in [5.41, 5.74) is 1.40. The SMILES string of the molecule is ClC1=NC2CCN(Cc3ccccc3)CCC2S1. The summed E-state index contributed by atoms with van der Waals surface area (Å²) in [5.74, 6) is 0.